The molecule has 1 aromatic carbocycles. The first-order valence-corrected chi connectivity index (χ1v) is 7.57. The molecule has 136 valence electrons. The summed E-state index contributed by atoms with van der Waals surface area (Å²) in [7, 11) is 1.19. The fraction of sp³-hybridized carbons (Fsp3) is 0.500. The molecule has 0 amide bonds. The summed E-state index contributed by atoms with van der Waals surface area (Å²) in [5, 5.41) is 3.21. The van der Waals surface area contributed by atoms with Crippen molar-refractivity contribution < 1.29 is 36.1 Å². The zero-order valence-electron chi connectivity index (χ0n) is 13.3. The van der Waals surface area contributed by atoms with Gasteiger partial charge in [0.05, 0.1) is 7.11 Å². The molecule has 10 heteroatoms. The lowest BCUT2D eigenvalue weighted by Gasteiger charge is -2.11. The second kappa shape index (κ2) is 9.72. The van der Waals surface area contributed by atoms with Gasteiger partial charge in [0.25, 0.3) is 12.3 Å². The number of carbonyl (C=O) groups excluding carboxylic acids is 1. The van der Waals surface area contributed by atoms with E-state index in [-0.39, 0.29) is 23.6 Å². The minimum absolute atomic E-state index is 0.00904. The summed E-state index contributed by atoms with van der Waals surface area (Å²) in [5.74, 6) is -0.229. The number of hydrogen-bond acceptors (Lipinski definition) is 7. The highest BCUT2D eigenvalue weighted by molar-refractivity contribution is 7.90. The Bertz CT molecular complexity index is 540. The van der Waals surface area contributed by atoms with Crippen molar-refractivity contribution in [2.24, 2.45) is 5.92 Å². The van der Waals surface area contributed by atoms with Gasteiger partial charge in [0.2, 0.25) is 0 Å². The van der Waals surface area contributed by atoms with Crippen molar-refractivity contribution in [2.45, 2.75) is 26.8 Å². The Labute approximate surface area is 141 Å². The molecule has 0 heterocycles. The zero-order chi connectivity index (χ0) is 18.2. The van der Waals surface area contributed by atoms with Gasteiger partial charge < -0.3 is 14.2 Å². The third-order valence-electron chi connectivity index (χ3n) is 2.61. The number of ether oxygens (including phenoxy) is 1. The summed E-state index contributed by atoms with van der Waals surface area (Å²) >= 11 is -0.0627. The summed E-state index contributed by atoms with van der Waals surface area (Å²) in [6, 6.07) is 4.63. The van der Waals surface area contributed by atoms with E-state index in [4.69, 9.17) is 4.18 Å². The van der Waals surface area contributed by atoms with Crippen LogP contribution in [0.4, 0.5) is 13.2 Å². The van der Waals surface area contributed by atoms with Gasteiger partial charge in [-0.05, 0) is 30.2 Å². The van der Waals surface area contributed by atoms with Crippen molar-refractivity contribution in [3.05, 3.63) is 29.3 Å². The standard InChI is InChI=1S/C14H18F3NO5S/c1-9(2)7-18-8-10-4-5-12(11(6-10)13(19)20-3)21-24-23-22-14(15,16)17/h4-6,9,18H,7-8H2,1-3H3. The van der Waals surface area contributed by atoms with E-state index in [0.29, 0.717) is 12.5 Å². The van der Waals surface area contributed by atoms with E-state index < -0.39 is 12.3 Å². The molecule has 1 aromatic rings. The fourth-order valence-electron chi connectivity index (χ4n) is 1.64. The van der Waals surface area contributed by atoms with Crippen LogP contribution < -0.4 is 9.50 Å². The van der Waals surface area contributed by atoms with Crippen LogP contribution in [0, 0.1) is 5.92 Å². The van der Waals surface area contributed by atoms with Crippen LogP contribution in [0.1, 0.15) is 29.8 Å². The molecule has 0 spiro atoms. The quantitative estimate of drug-likeness (QED) is 0.234. The van der Waals surface area contributed by atoms with Crippen molar-refractivity contribution in [3.63, 3.8) is 0 Å². The minimum Gasteiger partial charge on any atom is -0.465 e. The Kier molecular flexibility index (Phi) is 8.32. The monoisotopic (exact) mass is 369 g/mol. The van der Waals surface area contributed by atoms with E-state index in [1.54, 1.807) is 6.07 Å². The maximum absolute atomic E-state index is 11.8. The van der Waals surface area contributed by atoms with Crippen molar-refractivity contribution in [1.29, 1.82) is 0 Å². The Morgan fingerprint density at radius 1 is 1.33 bits per heavy atom. The van der Waals surface area contributed by atoms with E-state index in [2.05, 4.69) is 33.1 Å². The van der Waals surface area contributed by atoms with Crippen LogP contribution >= 0.6 is 12.3 Å². The van der Waals surface area contributed by atoms with Crippen LogP contribution in [0.25, 0.3) is 0 Å². The normalized spacial score (nSPS) is 11.6. The number of esters is 1. The Balaban J connectivity index is 2.71. The number of benzene rings is 1. The van der Waals surface area contributed by atoms with Gasteiger partial charge in [-0.3, -0.25) is 0 Å². The van der Waals surface area contributed by atoms with Crippen LogP contribution in [0.15, 0.2) is 18.2 Å². The van der Waals surface area contributed by atoms with Crippen LogP contribution in [-0.4, -0.2) is 26.0 Å². The molecule has 1 N–H and O–H groups in total. The van der Waals surface area contributed by atoms with Gasteiger partial charge in [0, 0.05) is 6.54 Å². The third-order valence-corrected chi connectivity index (χ3v) is 2.98. The molecule has 0 bridgehead atoms. The van der Waals surface area contributed by atoms with Gasteiger partial charge in [0.15, 0.2) is 5.75 Å². The molecular formula is C14H18F3NO5S. The van der Waals surface area contributed by atoms with Crippen LogP contribution in [0.5, 0.6) is 5.75 Å². The Morgan fingerprint density at radius 2 is 2.04 bits per heavy atom. The largest absolute Gasteiger partial charge is 0.550 e. The third kappa shape index (κ3) is 7.86. The smallest absolute Gasteiger partial charge is 0.465 e. The highest BCUT2D eigenvalue weighted by atomic mass is 32.2. The van der Waals surface area contributed by atoms with Crippen LogP contribution in [-0.2, 0) is 20.5 Å². The van der Waals surface area contributed by atoms with Gasteiger partial charge >= 0.3 is 12.3 Å². The maximum atomic E-state index is 11.8. The summed E-state index contributed by atoms with van der Waals surface area (Å²) in [5.41, 5.74) is 0.852. The first kappa shape index (κ1) is 20.6. The average molecular weight is 369 g/mol. The van der Waals surface area contributed by atoms with E-state index in [0.717, 1.165) is 12.1 Å². The second-order valence-corrected chi connectivity index (χ2v) is 5.53. The number of alkyl halides is 3. The first-order valence-electron chi connectivity index (χ1n) is 6.90. The number of rotatable bonds is 9. The van der Waals surface area contributed by atoms with Gasteiger partial charge in [-0.25, -0.2) is 4.79 Å². The molecule has 0 fully saturated rings. The van der Waals surface area contributed by atoms with Crippen LogP contribution in [0.2, 0.25) is 0 Å². The highest BCUT2D eigenvalue weighted by Gasteiger charge is 2.32. The number of halogens is 3. The predicted octanol–water partition coefficient (Wildman–Crippen LogP) is 3.63. The van der Waals surface area contributed by atoms with Gasteiger partial charge in [-0.15, -0.1) is 22.4 Å². The van der Waals surface area contributed by atoms with Crippen molar-refractivity contribution in [3.8, 4) is 5.75 Å². The second-order valence-electron chi connectivity index (χ2n) is 5.10. The van der Waals surface area contributed by atoms with Crippen LogP contribution in [0.3, 0.4) is 0 Å². The molecule has 0 unspecified atom stereocenters. The molecule has 0 saturated carbocycles. The number of hydrogen-bond donors (Lipinski definition) is 1. The lowest BCUT2D eigenvalue weighted by Crippen LogP contribution is -2.19. The minimum atomic E-state index is -4.95. The van der Waals surface area contributed by atoms with Gasteiger partial charge in [0.1, 0.15) is 5.56 Å². The van der Waals surface area contributed by atoms with E-state index >= 15 is 0 Å². The number of methoxy groups -OCH3 is 1. The summed E-state index contributed by atoms with van der Waals surface area (Å²) in [6.07, 6.45) is -4.95. The SMILES string of the molecule is COC(=O)c1cc(CNCC(C)C)ccc1OSOOC(F)(F)F. The van der Waals surface area contributed by atoms with Gasteiger partial charge in [-0.1, -0.05) is 19.9 Å². The molecular weight excluding hydrogens is 351 g/mol. The maximum Gasteiger partial charge on any atom is 0.550 e. The molecule has 0 aliphatic carbocycles. The molecule has 0 aliphatic heterocycles. The molecule has 24 heavy (non-hydrogen) atoms. The predicted molar refractivity (Wildman–Crippen MR) is 80.8 cm³/mol. The molecule has 0 aliphatic rings. The highest BCUT2D eigenvalue weighted by Crippen LogP contribution is 2.27. The lowest BCUT2D eigenvalue weighted by atomic mass is 10.1. The van der Waals surface area contributed by atoms with Gasteiger partial charge in [-0.2, -0.15) is 0 Å². The van der Waals surface area contributed by atoms with E-state index in [1.165, 1.54) is 19.2 Å². The summed E-state index contributed by atoms with van der Waals surface area (Å²) in [6.45, 7) is 5.43. The number of nitrogens with one attached hydrogen (secondary N) is 1. The molecule has 0 radical (unpaired) electrons. The Morgan fingerprint density at radius 3 is 2.62 bits per heavy atom. The lowest BCUT2D eigenvalue weighted by molar-refractivity contribution is -0.441. The summed E-state index contributed by atoms with van der Waals surface area (Å²) in [4.78, 5) is 14.9. The zero-order valence-corrected chi connectivity index (χ0v) is 14.1. The molecule has 6 nitrogen and oxygen atoms in total. The van der Waals surface area contributed by atoms with Crippen molar-refractivity contribution in [1.82, 2.24) is 5.32 Å². The molecule has 0 atom stereocenters. The van der Waals surface area contributed by atoms with Crippen molar-refractivity contribution in [2.75, 3.05) is 13.7 Å². The van der Waals surface area contributed by atoms with E-state index in [9.17, 15) is 18.0 Å². The van der Waals surface area contributed by atoms with E-state index in [1.807, 2.05) is 0 Å². The number of carbonyl (C=O) groups is 1. The topological polar surface area (TPSA) is 66.0 Å². The Hall–Kier alpha value is -1.49. The molecule has 0 aromatic heterocycles. The summed E-state index contributed by atoms with van der Waals surface area (Å²) < 4.78 is 48.7. The molecule has 1 rings (SSSR count). The average Bonchev–Trinajstić information content (AvgIpc) is 2.50. The van der Waals surface area contributed by atoms with Crippen molar-refractivity contribution >= 4 is 18.3 Å². The first-order chi connectivity index (χ1) is 11.2. The molecule has 0 saturated heterocycles. The fourth-order valence-corrected chi connectivity index (χ4v) is 1.99.